The van der Waals surface area contributed by atoms with Crippen molar-refractivity contribution >= 4 is 21.8 Å². The molecule has 0 amide bonds. The van der Waals surface area contributed by atoms with Crippen molar-refractivity contribution in [1.29, 1.82) is 0 Å². The maximum Gasteiger partial charge on any atom is 0.215 e. The summed E-state index contributed by atoms with van der Waals surface area (Å²) < 4.78 is 26.4. The Morgan fingerprint density at radius 3 is 2.68 bits per heavy atom. The Morgan fingerprint density at radius 1 is 1.26 bits per heavy atom. The van der Waals surface area contributed by atoms with Gasteiger partial charge in [-0.15, -0.1) is 0 Å². The molecule has 0 unspecified atom stereocenters. The maximum absolute atomic E-state index is 11.9. The highest BCUT2D eigenvalue weighted by Gasteiger charge is 2.10. The summed E-state index contributed by atoms with van der Waals surface area (Å²) in [6, 6.07) is 7.39. The predicted octanol–water partition coefficient (Wildman–Crippen LogP) is 1.71. The molecule has 4 nitrogen and oxygen atoms in total. The first-order valence-corrected chi connectivity index (χ1v) is 9.36. The SMILES string of the molecule is CSCCCCNS(=O)(=O)Cc1cccc(CN)c1. The molecule has 3 N–H and O–H groups in total. The molecule has 108 valence electrons. The van der Waals surface area contributed by atoms with Crippen molar-refractivity contribution in [3.05, 3.63) is 35.4 Å². The van der Waals surface area contributed by atoms with E-state index in [1.807, 2.05) is 24.3 Å². The third-order valence-corrected chi connectivity index (χ3v) is 4.74. The van der Waals surface area contributed by atoms with Gasteiger partial charge < -0.3 is 5.73 Å². The molecule has 0 aromatic heterocycles. The lowest BCUT2D eigenvalue weighted by atomic mass is 10.1. The molecule has 0 heterocycles. The first-order valence-electron chi connectivity index (χ1n) is 6.31. The Kier molecular flexibility index (Phi) is 7.45. The van der Waals surface area contributed by atoms with Crippen LogP contribution in [0.5, 0.6) is 0 Å². The zero-order chi connectivity index (χ0) is 14.1. The summed E-state index contributed by atoms with van der Waals surface area (Å²) in [5, 5.41) is 0. The number of nitrogens with two attached hydrogens (primary N) is 1. The summed E-state index contributed by atoms with van der Waals surface area (Å²) >= 11 is 1.78. The van der Waals surface area contributed by atoms with E-state index in [2.05, 4.69) is 11.0 Å². The van der Waals surface area contributed by atoms with Crippen LogP contribution in [0, 0.1) is 0 Å². The van der Waals surface area contributed by atoms with E-state index in [1.165, 1.54) is 0 Å². The Labute approximate surface area is 120 Å². The van der Waals surface area contributed by atoms with Crippen LogP contribution in [-0.2, 0) is 22.3 Å². The molecular formula is C13H22N2O2S2. The van der Waals surface area contributed by atoms with E-state index < -0.39 is 10.0 Å². The second-order valence-corrected chi connectivity index (χ2v) is 7.17. The van der Waals surface area contributed by atoms with Crippen molar-refractivity contribution in [2.45, 2.75) is 25.1 Å². The number of sulfonamides is 1. The van der Waals surface area contributed by atoms with Crippen LogP contribution in [0.25, 0.3) is 0 Å². The fraction of sp³-hybridized carbons (Fsp3) is 0.538. The summed E-state index contributed by atoms with van der Waals surface area (Å²) in [4.78, 5) is 0. The highest BCUT2D eigenvalue weighted by molar-refractivity contribution is 7.98. The van der Waals surface area contributed by atoms with E-state index in [-0.39, 0.29) is 5.75 Å². The van der Waals surface area contributed by atoms with Crippen LogP contribution in [0.4, 0.5) is 0 Å². The van der Waals surface area contributed by atoms with Crippen LogP contribution in [0.2, 0.25) is 0 Å². The number of hydrogen-bond donors (Lipinski definition) is 2. The lowest BCUT2D eigenvalue weighted by Crippen LogP contribution is -2.26. The van der Waals surface area contributed by atoms with Crippen molar-refractivity contribution in [1.82, 2.24) is 4.72 Å². The van der Waals surface area contributed by atoms with Gasteiger partial charge in [-0.1, -0.05) is 24.3 Å². The number of hydrogen-bond acceptors (Lipinski definition) is 4. The quantitative estimate of drug-likeness (QED) is 0.681. The van der Waals surface area contributed by atoms with Gasteiger partial charge in [-0.05, 0) is 36.0 Å². The topological polar surface area (TPSA) is 72.2 Å². The molecule has 19 heavy (non-hydrogen) atoms. The van der Waals surface area contributed by atoms with Crippen molar-refractivity contribution in [3.8, 4) is 0 Å². The molecule has 0 aliphatic heterocycles. The molecule has 0 aliphatic rings. The Balaban J connectivity index is 2.45. The lowest BCUT2D eigenvalue weighted by molar-refractivity contribution is 0.577. The Bertz CT molecular complexity index is 475. The molecule has 1 aromatic rings. The minimum atomic E-state index is -3.24. The third kappa shape index (κ3) is 6.96. The van der Waals surface area contributed by atoms with Gasteiger partial charge in [0, 0.05) is 13.1 Å². The van der Waals surface area contributed by atoms with E-state index in [0.29, 0.717) is 13.1 Å². The van der Waals surface area contributed by atoms with Crippen LogP contribution >= 0.6 is 11.8 Å². The average molecular weight is 302 g/mol. The Morgan fingerprint density at radius 2 is 2.00 bits per heavy atom. The minimum Gasteiger partial charge on any atom is -0.326 e. The summed E-state index contributed by atoms with van der Waals surface area (Å²) in [7, 11) is -3.24. The maximum atomic E-state index is 11.9. The number of nitrogens with one attached hydrogen (secondary N) is 1. The monoisotopic (exact) mass is 302 g/mol. The molecule has 0 saturated heterocycles. The second-order valence-electron chi connectivity index (χ2n) is 4.38. The number of thioether (sulfide) groups is 1. The number of benzene rings is 1. The van der Waals surface area contributed by atoms with Gasteiger partial charge in [0.25, 0.3) is 0 Å². The molecule has 1 aromatic carbocycles. The van der Waals surface area contributed by atoms with Gasteiger partial charge >= 0.3 is 0 Å². The zero-order valence-corrected chi connectivity index (χ0v) is 12.9. The predicted molar refractivity (Wildman–Crippen MR) is 82.6 cm³/mol. The fourth-order valence-corrected chi connectivity index (χ4v) is 3.38. The molecule has 0 aliphatic carbocycles. The molecule has 0 radical (unpaired) electrons. The molecule has 6 heteroatoms. The summed E-state index contributed by atoms with van der Waals surface area (Å²) in [6.45, 7) is 0.940. The van der Waals surface area contributed by atoms with Crippen LogP contribution in [0.15, 0.2) is 24.3 Å². The molecular weight excluding hydrogens is 280 g/mol. The summed E-state index contributed by atoms with van der Waals surface area (Å²) in [5.74, 6) is 1.09. The average Bonchev–Trinajstić information content (AvgIpc) is 2.38. The first kappa shape index (κ1) is 16.5. The summed E-state index contributed by atoms with van der Waals surface area (Å²) in [6.07, 6.45) is 3.96. The van der Waals surface area contributed by atoms with E-state index in [1.54, 1.807) is 11.8 Å². The van der Waals surface area contributed by atoms with Crippen molar-refractivity contribution < 1.29 is 8.42 Å². The largest absolute Gasteiger partial charge is 0.326 e. The van der Waals surface area contributed by atoms with Gasteiger partial charge in [-0.3, -0.25) is 0 Å². The fourth-order valence-electron chi connectivity index (χ4n) is 1.72. The lowest BCUT2D eigenvalue weighted by Gasteiger charge is -2.07. The first-order chi connectivity index (χ1) is 9.07. The minimum absolute atomic E-state index is 0.0172. The van der Waals surface area contributed by atoms with Gasteiger partial charge in [0.15, 0.2) is 0 Å². The van der Waals surface area contributed by atoms with Crippen LogP contribution < -0.4 is 10.5 Å². The van der Waals surface area contributed by atoms with Crippen molar-refractivity contribution in [2.24, 2.45) is 5.73 Å². The van der Waals surface area contributed by atoms with Gasteiger partial charge in [0.2, 0.25) is 10.0 Å². The molecule has 0 spiro atoms. The van der Waals surface area contributed by atoms with Gasteiger partial charge in [0.05, 0.1) is 5.75 Å². The van der Waals surface area contributed by atoms with Gasteiger partial charge in [-0.25, -0.2) is 13.1 Å². The molecule has 0 bridgehead atoms. The van der Waals surface area contributed by atoms with Gasteiger partial charge in [0.1, 0.15) is 0 Å². The molecule has 1 rings (SSSR count). The second kappa shape index (κ2) is 8.58. The zero-order valence-electron chi connectivity index (χ0n) is 11.3. The van der Waals surface area contributed by atoms with Crippen LogP contribution in [0.3, 0.4) is 0 Å². The van der Waals surface area contributed by atoms with E-state index in [9.17, 15) is 8.42 Å². The van der Waals surface area contributed by atoms with Crippen LogP contribution in [0.1, 0.15) is 24.0 Å². The number of rotatable bonds is 9. The van der Waals surface area contributed by atoms with E-state index in [0.717, 1.165) is 29.7 Å². The highest BCUT2D eigenvalue weighted by atomic mass is 32.2. The third-order valence-electron chi connectivity index (χ3n) is 2.68. The Hall–Kier alpha value is -0.560. The van der Waals surface area contributed by atoms with Crippen molar-refractivity contribution in [3.63, 3.8) is 0 Å². The summed E-state index contributed by atoms with van der Waals surface area (Å²) in [5.41, 5.74) is 7.27. The van der Waals surface area contributed by atoms with E-state index in [4.69, 9.17) is 5.73 Å². The van der Waals surface area contributed by atoms with E-state index >= 15 is 0 Å². The van der Waals surface area contributed by atoms with Crippen molar-refractivity contribution in [2.75, 3.05) is 18.6 Å². The standard InChI is InChI=1S/C13H22N2O2S2/c1-18-8-3-2-7-15-19(16,17)11-13-6-4-5-12(9-13)10-14/h4-6,9,15H,2-3,7-8,10-11,14H2,1H3. The molecule has 0 saturated carbocycles. The molecule has 0 fully saturated rings. The highest BCUT2D eigenvalue weighted by Crippen LogP contribution is 2.08. The normalized spacial score (nSPS) is 11.7. The molecule has 0 atom stereocenters. The smallest absolute Gasteiger partial charge is 0.215 e. The van der Waals surface area contributed by atoms with Crippen LogP contribution in [-0.4, -0.2) is 27.0 Å². The number of unbranched alkanes of at least 4 members (excludes halogenated alkanes) is 1. The van der Waals surface area contributed by atoms with Gasteiger partial charge in [-0.2, -0.15) is 11.8 Å².